The summed E-state index contributed by atoms with van der Waals surface area (Å²) in [5, 5.41) is 0. The molecular weight excluding hydrogens is 268 g/mol. The monoisotopic (exact) mass is 288 g/mol. The fourth-order valence-corrected chi connectivity index (χ4v) is 2.69. The number of rotatable bonds is 6. The number of aryl methyl sites for hydroxylation is 1. The molecule has 4 heteroatoms. The molecule has 2 aromatic rings. The van der Waals surface area contributed by atoms with Crippen LogP contribution in [-0.4, -0.2) is 17.3 Å². The maximum atomic E-state index is 6.22. The molecule has 0 aliphatic heterocycles. The Balaban J connectivity index is 1.95. The first-order valence-corrected chi connectivity index (χ1v) is 7.70. The quantitative estimate of drug-likeness (QED) is 0.825. The first kappa shape index (κ1) is 14.9. The number of thioether (sulfide) groups is 1. The van der Waals surface area contributed by atoms with Crippen molar-refractivity contribution in [3.05, 3.63) is 53.9 Å². The number of pyridine rings is 1. The predicted octanol–water partition coefficient (Wildman–Crippen LogP) is 3.58. The highest BCUT2D eigenvalue weighted by Gasteiger charge is 2.08. The molecular formula is C16H20N2OS. The highest BCUT2D eigenvalue weighted by molar-refractivity contribution is 7.99. The van der Waals surface area contributed by atoms with E-state index in [2.05, 4.69) is 36.2 Å². The Morgan fingerprint density at radius 1 is 1.25 bits per heavy atom. The molecule has 0 aliphatic rings. The highest BCUT2D eigenvalue weighted by Crippen LogP contribution is 2.24. The fourth-order valence-electron chi connectivity index (χ4n) is 1.80. The number of nitrogens with two attached hydrogens (primary N) is 1. The Morgan fingerprint density at radius 2 is 2.00 bits per heavy atom. The van der Waals surface area contributed by atoms with E-state index in [1.807, 2.05) is 19.2 Å². The van der Waals surface area contributed by atoms with Gasteiger partial charge in [-0.3, -0.25) is 4.98 Å². The van der Waals surface area contributed by atoms with E-state index in [4.69, 9.17) is 10.5 Å². The van der Waals surface area contributed by atoms with Gasteiger partial charge in [-0.1, -0.05) is 17.7 Å². The molecule has 2 N–H and O–H groups in total. The molecule has 1 heterocycles. The van der Waals surface area contributed by atoms with Crippen molar-refractivity contribution in [2.75, 3.05) is 12.4 Å². The summed E-state index contributed by atoms with van der Waals surface area (Å²) in [5.41, 5.74) is 8.50. The predicted molar refractivity (Wildman–Crippen MR) is 84.2 cm³/mol. The number of aromatic nitrogens is 1. The van der Waals surface area contributed by atoms with Gasteiger partial charge in [0.1, 0.15) is 5.75 Å². The maximum Gasteiger partial charge on any atom is 0.137 e. The Labute approximate surface area is 124 Å². The minimum atomic E-state index is -0.0470. The summed E-state index contributed by atoms with van der Waals surface area (Å²) in [6.07, 6.45) is 3.52. The van der Waals surface area contributed by atoms with Crippen LogP contribution >= 0.6 is 11.8 Å². The number of hydrogen-bond donors (Lipinski definition) is 1. The second kappa shape index (κ2) is 7.31. The lowest BCUT2D eigenvalue weighted by Crippen LogP contribution is -2.13. The summed E-state index contributed by atoms with van der Waals surface area (Å²) in [6.45, 7) is 4.68. The third-order valence-electron chi connectivity index (χ3n) is 2.92. The van der Waals surface area contributed by atoms with Gasteiger partial charge in [-0.05, 0) is 37.6 Å². The van der Waals surface area contributed by atoms with Crippen LogP contribution in [0.25, 0.3) is 0 Å². The lowest BCUT2D eigenvalue weighted by Gasteiger charge is -2.12. The van der Waals surface area contributed by atoms with Crippen molar-refractivity contribution in [1.29, 1.82) is 0 Å². The zero-order valence-corrected chi connectivity index (χ0v) is 12.7. The van der Waals surface area contributed by atoms with Crippen LogP contribution in [0.4, 0.5) is 0 Å². The van der Waals surface area contributed by atoms with Gasteiger partial charge >= 0.3 is 0 Å². The summed E-state index contributed by atoms with van der Waals surface area (Å²) < 4.78 is 5.45. The first-order chi connectivity index (χ1) is 9.69. The minimum absolute atomic E-state index is 0.0470. The van der Waals surface area contributed by atoms with Crippen LogP contribution in [0.2, 0.25) is 0 Å². The van der Waals surface area contributed by atoms with E-state index < -0.39 is 0 Å². The molecule has 1 aromatic carbocycles. The first-order valence-electron chi connectivity index (χ1n) is 6.72. The molecule has 0 spiro atoms. The van der Waals surface area contributed by atoms with Gasteiger partial charge in [0.15, 0.2) is 0 Å². The molecule has 2 rings (SSSR count). The molecule has 0 saturated carbocycles. The molecule has 106 valence electrons. The van der Waals surface area contributed by atoms with Crippen molar-refractivity contribution in [3.8, 4) is 5.75 Å². The average Bonchev–Trinajstić information content (AvgIpc) is 2.47. The van der Waals surface area contributed by atoms with Crippen molar-refractivity contribution in [1.82, 2.24) is 4.98 Å². The van der Waals surface area contributed by atoms with Gasteiger partial charge in [-0.2, -0.15) is 0 Å². The van der Waals surface area contributed by atoms with Gasteiger partial charge in [0, 0.05) is 22.9 Å². The molecule has 1 atom stereocenters. The fraction of sp³-hybridized carbons (Fsp3) is 0.312. The van der Waals surface area contributed by atoms with Crippen molar-refractivity contribution in [2.24, 2.45) is 5.73 Å². The molecule has 0 radical (unpaired) electrons. The second-order valence-corrected chi connectivity index (χ2v) is 5.71. The number of benzene rings is 1. The lowest BCUT2D eigenvalue weighted by molar-refractivity contribution is 0.338. The van der Waals surface area contributed by atoms with Crippen molar-refractivity contribution in [3.63, 3.8) is 0 Å². The Hall–Kier alpha value is -1.52. The van der Waals surface area contributed by atoms with Crippen LogP contribution in [0.5, 0.6) is 5.75 Å². The van der Waals surface area contributed by atoms with Gasteiger partial charge in [-0.15, -0.1) is 11.8 Å². The molecule has 0 aliphatic carbocycles. The Bertz CT molecular complexity index is 542. The van der Waals surface area contributed by atoms with E-state index in [0.717, 1.165) is 17.1 Å². The molecule has 3 nitrogen and oxygen atoms in total. The van der Waals surface area contributed by atoms with E-state index in [1.165, 1.54) is 10.5 Å². The third kappa shape index (κ3) is 4.25. The van der Waals surface area contributed by atoms with Crippen LogP contribution < -0.4 is 10.5 Å². The van der Waals surface area contributed by atoms with Gasteiger partial charge in [-0.25, -0.2) is 0 Å². The highest BCUT2D eigenvalue weighted by atomic mass is 32.2. The summed E-state index contributed by atoms with van der Waals surface area (Å²) >= 11 is 1.76. The van der Waals surface area contributed by atoms with Gasteiger partial charge in [0.05, 0.1) is 12.8 Å². The van der Waals surface area contributed by atoms with E-state index in [9.17, 15) is 0 Å². The summed E-state index contributed by atoms with van der Waals surface area (Å²) in [6, 6.07) is 10.4. The van der Waals surface area contributed by atoms with Crippen molar-refractivity contribution >= 4 is 11.8 Å². The van der Waals surface area contributed by atoms with E-state index in [0.29, 0.717) is 6.61 Å². The largest absolute Gasteiger partial charge is 0.492 e. The summed E-state index contributed by atoms with van der Waals surface area (Å²) in [5.74, 6) is 1.60. The third-order valence-corrected chi connectivity index (χ3v) is 4.06. The standard InChI is InChI=1S/C16H20N2OS/c1-3-19-14-8-13(9-18-10-14)16(17)11-20-15-6-4-12(2)5-7-15/h4-10,16H,3,11,17H2,1-2H3. The summed E-state index contributed by atoms with van der Waals surface area (Å²) in [4.78, 5) is 5.41. The summed E-state index contributed by atoms with van der Waals surface area (Å²) in [7, 11) is 0. The topological polar surface area (TPSA) is 48.1 Å². The molecule has 0 saturated heterocycles. The average molecular weight is 288 g/mol. The number of nitrogens with zero attached hydrogens (tertiary/aromatic N) is 1. The van der Waals surface area contributed by atoms with Crippen LogP contribution in [0.3, 0.4) is 0 Å². The van der Waals surface area contributed by atoms with Gasteiger partial charge in [0.2, 0.25) is 0 Å². The van der Waals surface area contributed by atoms with Crippen LogP contribution in [0.15, 0.2) is 47.6 Å². The van der Waals surface area contributed by atoms with Crippen LogP contribution in [0, 0.1) is 6.92 Å². The SMILES string of the molecule is CCOc1cncc(C(N)CSc2ccc(C)cc2)c1. The smallest absolute Gasteiger partial charge is 0.137 e. The normalized spacial score (nSPS) is 12.2. The van der Waals surface area contributed by atoms with Gasteiger partial charge < -0.3 is 10.5 Å². The molecule has 0 amide bonds. The van der Waals surface area contributed by atoms with Crippen LogP contribution in [-0.2, 0) is 0 Å². The molecule has 0 fully saturated rings. The van der Waals surface area contributed by atoms with Gasteiger partial charge in [0.25, 0.3) is 0 Å². The zero-order chi connectivity index (χ0) is 14.4. The van der Waals surface area contributed by atoms with Crippen LogP contribution in [0.1, 0.15) is 24.1 Å². The van der Waals surface area contributed by atoms with E-state index in [1.54, 1.807) is 18.0 Å². The molecule has 1 unspecified atom stereocenters. The Kier molecular flexibility index (Phi) is 5.44. The molecule has 20 heavy (non-hydrogen) atoms. The van der Waals surface area contributed by atoms with Crippen molar-refractivity contribution in [2.45, 2.75) is 24.8 Å². The zero-order valence-electron chi connectivity index (χ0n) is 11.9. The number of ether oxygens (including phenoxy) is 1. The molecule has 0 bridgehead atoms. The second-order valence-electron chi connectivity index (χ2n) is 4.62. The lowest BCUT2D eigenvalue weighted by atomic mass is 10.1. The van der Waals surface area contributed by atoms with E-state index in [-0.39, 0.29) is 6.04 Å². The Morgan fingerprint density at radius 3 is 2.70 bits per heavy atom. The van der Waals surface area contributed by atoms with E-state index >= 15 is 0 Å². The minimum Gasteiger partial charge on any atom is -0.492 e. The molecule has 1 aromatic heterocycles. The number of hydrogen-bond acceptors (Lipinski definition) is 4. The van der Waals surface area contributed by atoms with Crippen molar-refractivity contribution < 1.29 is 4.74 Å². The maximum absolute atomic E-state index is 6.22.